The molecule has 0 bridgehead atoms. The van der Waals surface area contributed by atoms with E-state index in [1.54, 1.807) is 24.8 Å². The largest absolute Gasteiger partial charge is 0.461 e. The molecular weight excluding hydrogens is 370 g/mol. The van der Waals surface area contributed by atoms with E-state index in [1.807, 2.05) is 30.5 Å². The molecule has 7 heteroatoms. The van der Waals surface area contributed by atoms with Gasteiger partial charge < -0.3 is 4.74 Å². The Morgan fingerprint density at radius 3 is 2.52 bits per heavy atom. The average molecular weight is 388 g/mol. The van der Waals surface area contributed by atoms with Crippen molar-refractivity contribution < 1.29 is 18.3 Å². The Labute approximate surface area is 160 Å². The van der Waals surface area contributed by atoms with Crippen molar-refractivity contribution >= 4 is 17.7 Å². The highest BCUT2D eigenvalue weighted by Gasteiger charge is 2.18. The summed E-state index contributed by atoms with van der Waals surface area (Å²) in [5, 5.41) is 4.28. The lowest BCUT2D eigenvalue weighted by Crippen LogP contribution is -2.09. The summed E-state index contributed by atoms with van der Waals surface area (Å²) in [5.41, 5.74) is 1.90. The van der Waals surface area contributed by atoms with E-state index in [2.05, 4.69) is 5.10 Å². The number of halogens is 2. The van der Waals surface area contributed by atoms with E-state index in [-0.39, 0.29) is 24.4 Å². The van der Waals surface area contributed by atoms with Crippen LogP contribution in [-0.2, 0) is 11.3 Å². The molecule has 1 heterocycles. The maximum atomic E-state index is 14.1. The van der Waals surface area contributed by atoms with Gasteiger partial charge in [-0.2, -0.15) is 5.10 Å². The summed E-state index contributed by atoms with van der Waals surface area (Å²) >= 11 is 1.62. The fraction of sp³-hybridized carbons (Fsp3) is 0.200. The van der Waals surface area contributed by atoms with Crippen LogP contribution in [0.1, 0.15) is 23.0 Å². The Morgan fingerprint density at radius 2 is 1.89 bits per heavy atom. The average Bonchev–Trinajstić information content (AvgIpc) is 3.08. The van der Waals surface area contributed by atoms with Crippen LogP contribution in [0.3, 0.4) is 0 Å². The highest BCUT2D eigenvalue weighted by molar-refractivity contribution is 7.98. The molecule has 1 aromatic heterocycles. The van der Waals surface area contributed by atoms with Crippen molar-refractivity contribution in [2.24, 2.45) is 0 Å². The van der Waals surface area contributed by atoms with Gasteiger partial charge in [0.15, 0.2) is 5.69 Å². The molecule has 0 aliphatic carbocycles. The molecule has 0 amide bonds. The van der Waals surface area contributed by atoms with Gasteiger partial charge in [-0.25, -0.2) is 13.6 Å². The molecule has 0 saturated carbocycles. The molecule has 0 atom stereocenters. The van der Waals surface area contributed by atoms with Gasteiger partial charge in [0.05, 0.1) is 18.8 Å². The van der Waals surface area contributed by atoms with Gasteiger partial charge in [-0.05, 0) is 43.0 Å². The fourth-order valence-corrected chi connectivity index (χ4v) is 3.06. The minimum atomic E-state index is -0.660. The number of nitrogens with zero attached hydrogens (tertiary/aromatic N) is 2. The zero-order chi connectivity index (χ0) is 19.4. The number of hydrogen-bond donors (Lipinski definition) is 0. The van der Waals surface area contributed by atoms with Crippen LogP contribution in [0.4, 0.5) is 8.78 Å². The van der Waals surface area contributed by atoms with Crippen LogP contribution in [0, 0.1) is 11.6 Å². The Hall–Kier alpha value is -2.67. The number of carbonyl (C=O) groups excluding carboxylic acids is 1. The number of carbonyl (C=O) groups is 1. The van der Waals surface area contributed by atoms with Gasteiger partial charge in [-0.1, -0.05) is 18.2 Å². The van der Waals surface area contributed by atoms with Gasteiger partial charge in [0.2, 0.25) is 0 Å². The smallest absolute Gasteiger partial charge is 0.358 e. The lowest BCUT2D eigenvalue weighted by Gasteiger charge is -2.09. The quantitative estimate of drug-likeness (QED) is 0.450. The first-order chi connectivity index (χ1) is 13.0. The van der Waals surface area contributed by atoms with Crippen molar-refractivity contribution in [3.63, 3.8) is 0 Å². The minimum Gasteiger partial charge on any atom is -0.461 e. The number of ether oxygens (including phenoxy) is 1. The lowest BCUT2D eigenvalue weighted by atomic mass is 10.1. The Balaban J connectivity index is 2.02. The van der Waals surface area contributed by atoms with Crippen molar-refractivity contribution in [1.82, 2.24) is 9.78 Å². The molecular formula is C20H18F2N2O2S. The SMILES string of the molecule is CCOC(=O)c1cc(-c2ccc(SC)cc2)n(Cc2ccc(F)cc2F)n1. The molecule has 3 aromatic rings. The van der Waals surface area contributed by atoms with E-state index in [9.17, 15) is 13.6 Å². The number of aromatic nitrogens is 2. The Bertz CT molecular complexity index is 955. The van der Waals surface area contributed by atoms with Crippen LogP contribution in [-0.4, -0.2) is 28.6 Å². The van der Waals surface area contributed by atoms with Gasteiger partial charge in [-0.15, -0.1) is 11.8 Å². The minimum absolute atomic E-state index is 0.0606. The van der Waals surface area contributed by atoms with Gasteiger partial charge in [0, 0.05) is 16.5 Å². The first-order valence-electron chi connectivity index (χ1n) is 8.35. The molecule has 0 saturated heterocycles. The van der Waals surface area contributed by atoms with Gasteiger partial charge in [-0.3, -0.25) is 4.68 Å². The third-order valence-corrected chi connectivity index (χ3v) is 4.73. The summed E-state index contributed by atoms with van der Waals surface area (Å²) in [7, 11) is 0. The van der Waals surface area contributed by atoms with Crippen LogP contribution >= 0.6 is 11.8 Å². The van der Waals surface area contributed by atoms with Crippen molar-refractivity contribution in [3.05, 3.63) is 71.4 Å². The first-order valence-corrected chi connectivity index (χ1v) is 9.57. The zero-order valence-corrected chi connectivity index (χ0v) is 15.7. The molecule has 4 nitrogen and oxygen atoms in total. The molecule has 0 fully saturated rings. The van der Waals surface area contributed by atoms with Gasteiger partial charge in [0.25, 0.3) is 0 Å². The topological polar surface area (TPSA) is 44.1 Å². The summed E-state index contributed by atoms with van der Waals surface area (Å²) in [4.78, 5) is 13.2. The highest BCUT2D eigenvalue weighted by atomic mass is 32.2. The van der Waals surface area contributed by atoms with E-state index >= 15 is 0 Å². The van der Waals surface area contributed by atoms with Gasteiger partial charge >= 0.3 is 5.97 Å². The zero-order valence-electron chi connectivity index (χ0n) is 14.9. The maximum Gasteiger partial charge on any atom is 0.358 e. The molecule has 140 valence electrons. The predicted molar refractivity (Wildman–Crippen MR) is 101 cm³/mol. The summed E-state index contributed by atoms with van der Waals surface area (Å²) in [6, 6.07) is 12.8. The number of thioether (sulfide) groups is 1. The summed E-state index contributed by atoms with van der Waals surface area (Å²) in [5.74, 6) is -1.85. The molecule has 0 N–H and O–H groups in total. The Morgan fingerprint density at radius 1 is 1.15 bits per heavy atom. The van der Waals surface area contributed by atoms with E-state index in [1.165, 1.54) is 16.8 Å². The van der Waals surface area contributed by atoms with Crippen LogP contribution in [0.5, 0.6) is 0 Å². The van der Waals surface area contributed by atoms with Crippen molar-refractivity contribution in [2.45, 2.75) is 18.4 Å². The number of hydrogen-bond acceptors (Lipinski definition) is 4. The lowest BCUT2D eigenvalue weighted by molar-refractivity contribution is 0.0518. The van der Waals surface area contributed by atoms with Gasteiger partial charge in [0.1, 0.15) is 11.6 Å². The molecule has 0 spiro atoms. The highest BCUT2D eigenvalue weighted by Crippen LogP contribution is 2.25. The third-order valence-electron chi connectivity index (χ3n) is 3.99. The molecule has 0 aliphatic heterocycles. The fourth-order valence-electron chi connectivity index (χ4n) is 2.65. The van der Waals surface area contributed by atoms with Crippen LogP contribution in [0.25, 0.3) is 11.3 Å². The summed E-state index contributed by atoms with van der Waals surface area (Å²) in [6.45, 7) is 2.01. The van der Waals surface area contributed by atoms with Crippen LogP contribution in [0.2, 0.25) is 0 Å². The van der Waals surface area contributed by atoms with Crippen LogP contribution in [0.15, 0.2) is 53.4 Å². The summed E-state index contributed by atoms with van der Waals surface area (Å²) < 4.78 is 33.8. The van der Waals surface area contributed by atoms with Crippen molar-refractivity contribution in [3.8, 4) is 11.3 Å². The number of rotatable bonds is 6. The second kappa shape index (κ2) is 8.35. The monoisotopic (exact) mass is 388 g/mol. The van der Waals surface area contributed by atoms with E-state index in [4.69, 9.17) is 4.74 Å². The predicted octanol–water partition coefficient (Wildman–Crippen LogP) is 4.78. The number of esters is 1. The standard InChI is InChI=1S/C20H18F2N2O2S/c1-3-26-20(25)18-11-19(13-5-8-16(27-2)9-6-13)24(23-18)12-14-4-7-15(21)10-17(14)22/h4-11H,3,12H2,1-2H3. The molecule has 27 heavy (non-hydrogen) atoms. The van der Waals surface area contributed by atoms with Crippen LogP contribution < -0.4 is 0 Å². The second-order valence-corrected chi connectivity index (χ2v) is 6.64. The molecule has 3 rings (SSSR count). The van der Waals surface area contributed by atoms with E-state index < -0.39 is 17.6 Å². The van der Waals surface area contributed by atoms with E-state index in [0.717, 1.165) is 16.5 Å². The first kappa shape index (κ1) is 19.1. The molecule has 0 aliphatic rings. The third kappa shape index (κ3) is 4.36. The molecule has 0 radical (unpaired) electrons. The summed E-state index contributed by atoms with van der Waals surface area (Å²) in [6.07, 6.45) is 1.98. The second-order valence-electron chi connectivity index (χ2n) is 5.76. The van der Waals surface area contributed by atoms with Crippen molar-refractivity contribution in [2.75, 3.05) is 12.9 Å². The van der Waals surface area contributed by atoms with Crippen molar-refractivity contribution in [1.29, 1.82) is 0 Å². The Kier molecular flexibility index (Phi) is 5.91. The molecule has 2 aromatic carbocycles. The molecule has 0 unspecified atom stereocenters. The number of benzene rings is 2. The van der Waals surface area contributed by atoms with E-state index in [0.29, 0.717) is 5.69 Å². The normalized spacial score (nSPS) is 10.8. The maximum absolute atomic E-state index is 14.1.